The van der Waals surface area contributed by atoms with E-state index in [1.807, 2.05) is 0 Å². The molecule has 0 unspecified atom stereocenters. The Bertz CT molecular complexity index is 1430. The number of carbonyl (C=O) groups excluding carboxylic acids is 2. The lowest BCUT2D eigenvalue weighted by atomic mass is 10.0. The summed E-state index contributed by atoms with van der Waals surface area (Å²) in [6.45, 7) is 2.57. The first-order valence-electron chi connectivity index (χ1n) is 11.8. The number of amides is 2. The maximum absolute atomic E-state index is 12.7. The fourth-order valence-corrected chi connectivity index (χ4v) is 7.27. The number of hydrogen-bond acceptors (Lipinski definition) is 7. The second-order valence-electron chi connectivity index (χ2n) is 8.77. The highest BCUT2D eigenvalue weighted by Gasteiger charge is 2.34. The van der Waals surface area contributed by atoms with E-state index in [2.05, 4.69) is 16.9 Å². The lowest BCUT2D eigenvalue weighted by Gasteiger charge is -2.13. The second-order valence-corrected chi connectivity index (χ2v) is 10.9. The van der Waals surface area contributed by atoms with Crippen LogP contribution in [0, 0.1) is 0 Å². The third-order valence-electron chi connectivity index (χ3n) is 6.72. The van der Waals surface area contributed by atoms with Gasteiger partial charge in [-0.2, -0.15) is 0 Å². The Balaban J connectivity index is 1.29. The van der Waals surface area contributed by atoms with E-state index in [1.54, 1.807) is 53.7 Å². The zero-order valence-electron chi connectivity index (χ0n) is 19.0. The molecular formula is C26H24N4O2S2. The van der Waals surface area contributed by atoms with Gasteiger partial charge in [-0.3, -0.25) is 14.5 Å². The maximum atomic E-state index is 12.7. The number of aryl methyl sites for hydroxylation is 2. The summed E-state index contributed by atoms with van der Waals surface area (Å²) in [5.74, 6) is 0.157. The first-order chi connectivity index (χ1) is 16.7. The first kappa shape index (κ1) is 21.7. The molecule has 2 aliphatic rings. The first-order valence-corrected chi connectivity index (χ1v) is 13.6. The van der Waals surface area contributed by atoms with Gasteiger partial charge in [0.2, 0.25) is 0 Å². The average Bonchev–Trinajstić information content (AvgIpc) is 3.54. The third-order valence-corrected chi connectivity index (χ3v) is 8.90. The quantitative estimate of drug-likeness (QED) is 0.195. The lowest BCUT2D eigenvalue weighted by Crippen LogP contribution is -2.31. The molecule has 6 rings (SSSR count). The van der Waals surface area contributed by atoms with Gasteiger partial charge < -0.3 is 0 Å². The van der Waals surface area contributed by atoms with E-state index in [1.165, 1.54) is 39.9 Å². The average molecular weight is 489 g/mol. The zero-order valence-corrected chi connectivity index (χ0v) is 20.6. The molecule has 0 bridgehead atoms. The predicted molar refractivity (Wildman–Crippen MR) is 136 cm³/mol. The minimum Gasteiger partial charge on any atom is -0.273 e. The van der Waals surface area contributed by atoms with Crippen LogP contribution in [0.25, 0.3) is 20.4 Å². The molecule has 34 heavy (non-hydrogen) atoms. The molecule has 0 saturated heterocycles. The van der Waals surface area contributed by atoms with Crippen molar-refractivity contribution in [2.45, 2.75) is 50.5 Å². The molecular weight excluding hydrogens is 464 g/mol. The van der Waals surface area contributed by atoms with Crippen LogP contribution in [0.2, 0.25) is 0 Å². The molecule has 1 aliphatic heterocycles. The Hall–Kier alpha value is -2.84. The number of rotatable bonds is 7. The van der Waals surface area contributed by atoms with Gasteiger partial charge >= 0.3 is 0 Å². The summed E-state index contributed by atoms with van der Waals surface area (Å²) in [5, 5.41) is 2.10. The van der Waals surface area contributed by atoms with E-state index >= 15 is 0 Å². The van der Waals surface area contributed by atoms with Crippen molar-refractivity contribution < 1.29 is 9.59 Å². The molecule has 0 N–H and O–H groups in total. The van der Waals surface area contributed by atoms with Gasteiger partial charge in [-0.15, -0.1) is 23.1 Å². The highest BCUT2D eigenvalue weighted by Crippen LogP contribution is 2.42. The molecule has 6 nitrogen and oxygen atoms in total. The number of aromatic nitrogens is 3. The largest absolute Gasteiger partial charge is 0.273 e. The molecule has 2 amide bonds. The highest BCUT2D eigenvalue weighted by molar-refractivity contribution is 7.99. The summed E-state index contributed by atoms with van der Waals surface area (Å²) in [5.41, 5.74) is 6.12. The summed E-state index contributed by atoms with van der Waals surface area (Å²) in [6, 6.07) is 7.02. The van der Waals surface area contributed by atoms with Crippen LogP contribution in [0.3, 0.4) is 0 Å². The number of pyridine rings is 1. The Morgan fingerprint density at radius 1 is 1.06 bits per heavy atom. The zero-order chi connectivity index (χ0) is 23.2. The Labute approximate surface area is 205 Å². The summed E-state index contributed by atoms with van der Waals surface area (Å²) in [4.78, 5) is 42.0. The van der Waals surface area contributed by atoms with E-state index < -0.39 is 0 Å². The minimum absolute atomic E-state index is 0.213. The monoisotopic (exact) mass is 488 g/mol. The van der Waals surface area contributed by atoms with Crippen molar-refractivity contribution in [1.82, 2.24) is 19.9 Å². The standard InChI is InChI=1S/C26H24N4O2S2/c1-2-3-11-19-15-9-6-10-16(15)20-21-22(34-23(20)29-19)24(28-14-27-21)33-13-12-30-25(31)17-7-4-5-8-18(17)26(30)32/h4-5,7-8,14H,2-3,6,9-13H2,1H3. The summed E-state index contributed by atoms with van der Waals surface area (Å²) >= 11 is 3.24. The molecule has 0 spiro atoms. The SMILES string of the molecule is CCCCc1nc2sc3c(SCCN4C(=O)c5ccccc5C4=O)ncnc3c2c2c1CCC2. The van der Waals surface area contributed by atoms with Gasteiger partial charge in [0.25, 0.3) is 11.8 Å². The number of thioether (sulfide) groups is 1. The van der Waals surface area contributed by atoms with Gasteiger partial charge in [-0.05, 0) is 55.4 Å². The fraction of sp³-hybridized carbons (Fsp3) is 0.346. The van der Waals surface area contributed by atoms with Gasteiger partial charge in [-0.1, -0.05) is 25.5 Å². The maximum Gasteiger partial charge on any atom is 0.261 e. The number of carbonyl (C=O) groups is 2. The molecule has 172 valence electrons. The summed E-state index contributed by atoms with van der Waals surface area (Å²) < 4.78 is 1.05. The fourth-order valence-electron chi connectivity index (χ4n) is 5.09. The van der Waals surface area contributed by atoms with Gasteiger partial charge in [0.05, 0.1) is 21.3 Å². The van der Waals surface area contributed by atoms with Crippen LogP contribution in [-0.2, 0) is 19.3 Å². The number of imide groups is 1. The van der Waals surface area contributed by atoms with Crippen molar-refractivity contribution in [2.75, 3.05) is 12.3 Å². The van der Waals surface area contributed by atoms with E-state index in [0.29, 0.717) is 23.4 Å². The van der Waals surface area contributed by atoms with E-state index in [0.717, 1.165) is 45.8 Å². The molecule has 1 aromatic carbocycles. The molecule has 4 heterocycles. The van der Waals surface area contributed by atoms with Crippen molar-refractivity contribution in [3.05, 3.63) is 58.5 Å². The van der Waals surface area contributed by atoms with Crippen LogP contribution in [0.15, 0.2) is 35.6 Å². The van der Waals surface area contributed by atoms with Crippen LogP contribution in [0.4, 0.5) is 0 Å². The van der Waals surface area contributed by atoms with Crippen molar-refractivity contribution in [3.8, 4) is 0 Å². The van der Waals surface area contributed by atoms with Gasteiger partial charge in [-0.25, -0.2) is 15.0 Å². The number of fused-ring (bicyclic) bond motifs is 6. The highest BCUT2D eigenvalue weighted by atomic mass is 32.2. The Kier molecular flexibility index (Phi) is 5.57. The molecule has 0 fully saturated rings. The Morgan fingerprint density at radius 3 is 2.59 bits per heavy atom. The van der Waals surface area contributed by atoms with Gasteiger partial charge in [0.15, 0.2) is 0 Å². The molecule has 1 aliphatic carbocycles. The minimum atomic E-state index is -0.213. The molecule has 0 saturated carbocycles. The lowest BCUT2D eigenvalue weighted by molar-refractivity contribution is 0.0664. The molecule has 4 aromatic rings. The number of hydrogen-bond donors (Lipinski definition) is 0. The van der Waals surface area contributed by atoms with Crippen molar-refractivity contribution in [1.29, 1.82) is 0 Å². The smallest absolute Gasteiger partial charge is 0.261 e. The Morgan fingerprint density at radius 2 is 1.82 bits per heavy atom. The molecule has 0 radical (unpaired) electrons. The number of benzene rings is 1. The van der Waals surface area contributed by atoms with Crippen LogP contribution in [-0.4, -0.2) is 44.0 Å². The van der Waals surface area contributed by atoms with Gasteiger partial charge in [0.1, 0.15) is 16.2 Å². The number of unbranched alkanes of at least 4 members (excludes halogenated alkanes) is 1. The molecule has 8 heteroatoms. The van der Waals surface area contributed by atoms with Crippen LogP contribution >= 0.6 is 23.1 Å². The van der Waals surface area contributed by atoms with Crippen LogP contribution in [0.1, 0.15) is 63.7 Å². The van der Waals surface area contributed by atoms with Gasteiger partial charge in [0, 0.05) is 23.4 Å². The van der Waals surface area contributed by atoms with E-state index in [9.17, 15) is 9.59 Å². The normalized spacial score (nSPS) is 15.0. The number of nitrogens with zero attached hydrogens (tertiary/aromatic N) is 4. The van der Waals surface area contributed by atoms with Crippen LogP contribution < -0.4 is 0 Å². The summed E-state index contributed by atoms with van der Waals surface area (Å²) in [7, 11) is 0. The second kappa shape index (κ2) is 8.74. The van der Waals surface area contributed by atoms with E-state index in [-0.39, 0.29) is 11.8 Å². The van der Waals surface area contributed by atoms with Crippen molar-refractivity contribution >= 4 is 55.3 Å². The van der Waals surface area contributed by atoms with Crippen LogP contribution in [0.5, 0.6) is 0 Å². The summed E-state index contributed by atoms with van der Waals surface area (Å²) in [6.07, 6.45) is 8.38. The topological polar surface area (TPSA) is 76.1 Å². The van der Waals surface area contributed by atoms with Crippen molar-refractivity contribution in [3.63, 3.8) is 0 Å². The third kappa shape index (κ3) is 3.43. The molecule has 3 aromatic heterocycles. The predicted octanol–water partition coefficient (Wildman–Crippen LogP) is 5.46. The van der Waals surface area contributed by atoms with E-state index in [4.69, 9.17) is 4.98 Å². The number of thiophene rings is 1. The van der Waals surface area contributed by atoms with Crippen molar-refractivity contribution in [2.24, 2.45) is 0 Å². The molecule has 0 atom stereocenters.